The molecule has 2 amide bonds. The molecule has 0 saturated carbocycles. The number of carbonyl (C=O) groups is 2. The second-order valence-corrected chi connectivity index (χ2v) is 5.19. The topological polar surface area (TPSA) is 40.2 Å². The van der Waals surface area contributed by atoms with Gasteiger partial charge in [0.1, 0.15) is 0 Å². The second-order valence-electron chi connectivity index (χ2n) is 5.19. The Balaban J connectivity index is 1.73. The molecule has 0 spiro atoms. The van der Waals surface area contributed by atoms with E-state index in [9.17, 15) is 9.59 Å². The van der Waals surface area contributed by atoms with Gasteiger partial charge in [0, 0.05) is 36.3 Å². The Morgan fingerprint density at radius 1 is 0.889 bits per heavy atom. The molecule has 2 heterocycles. The quantitative estimate of drug-likeness (QED) is 0.737. The van der Waals surface area contributed by atoms with Crippen LogP contribution in [0.25, 0.3) is 0 Å². The van der Waals surface area contributed by atoms with Crippen LogP contribution >= 0.6 is 0 Å². The minimum Gasteiger partial charge on any atom is -0.332 e. The van der Waals surface area contributed by atoms with Crippen molar-refractivity contribution in [3.8, 4) is 0 Å². The predicted molar refractivity (Wildman–Crippen MR) is 67.4 cm³/mol. The maximum absolute atomic E-state index is 11.9. The van der Waals surface area contributed by atoms with Gasteiger partial charge in [0.2, 0.25) is 0 Å². The van der Waals surface area contributed by atoms with Gasteiger partial charge in [0.25, 0.3) is 11.8 Å². The zero-order chi connectivity index (χ0) is 12.9. The van der Waals surface area contributed by atoms with Crippen LogP contribution in [0.4, 0.5) is 0 Å². The molecule has 94 valence electrons. The highest BCUT2D eigenvalue weighted by atomic mass is 16.2. The Kier molecular flexibility index (Phi) is 2.40. The molecule has 18 heavy (non-hydrogen) atoms. The van der Waals surface area contributed by atoms with Crippen molar-refractivity contribution in [2.75, 3.05) is 13.1 Å². The van der Waals surface area contributed by atoms with Gasteiger partial charge < -0.3 is 9.80 Å². The van der Waals surface area contributed by atoms with E-state index in [2.05, 4.69) is 0 Å². The van der Waals surface area contributed by atoms with E-state index in [1.54, 1.807) is 24.3 Å². The lowest BCUT2D eigenvalue weighted by Crippen LogP contribution is -2.15. The van der Waals surface area contributed by atoms with Crippen molar-refractivity contribution in [1.82, 2.24) is 9.80 Å². The van der Waals surface area contributed by atoms with E-state index in [1.165, 1.54) is 0 Å². The third kappa shape index (κ3) is 1.88. The highest BCUT2D eigenvalue weighted by molar-refractivity contribution is 5.99. The smallest absolute Gasteiger partial charge is 0.254 e. The zero-order valence-corrected chi connectivity index (χ0v) is 10.6. The number of hydrogen-bond donors (Lipinski definition) is 0. The van der Waals surface area contributed by atoms with Crippen molar-refractivity contribution < 1.29 is 9.59 Å². The molecular weight excluding hydrogens is 228 g/mol. The van der Waals surface area contributed by atoms with Crippen molar-refractivity contribution in [3.63, 3.8) is 0 Å². The molecule has 4 heteroatoms. The molecule has 1 aromatic carbocycles. The predicted octanol–water partition coefficient (Wildman–Crippen LogP) is 1.38. The maximum Gasteiger partial charge on any atom is 0.254 e. The largest absolute Gasteiger partial charge is 0.332 e. The van der Waals surface area contributed by atoms with E-state index in [0.29, 0.717) is 23.2 Å². The fraction of sp³-hybridized carbons (Fsp3) is 0.429. The van der Waals surface area contributed by atoms with Crippen LogP contribution in [-0.4, -0.2) is 46.8 Å². The van der Waals surface area contributed by atoms with E-state index in [-0.39, 0.29) is 11.8 Å². The molecular formula is C14H16N2O2. The van der Waals surface area contributed by atoms with Gasteiger partial charge in [0.15, 0.2) is 0 Å². The van der Waals surface area contributed by atoms with E-state index in [1.807, 2.05) is 23.6 Å². The van der Waals surface area contributed by atoms with Crippen molar-refractivity contribution in [2.24, 2.45) is 0 Å². The van der Waals surface area contributed by atoms with E-state index < -0.39 is 0 Å². The number of rotatable bonds is 2. The normalized spacial score (nSPS) is 25.0. The zero-order valence-electron chi connectivity index (χ0n) is 10.6. The van der Waals surface area contributed by atoms with Gasteiger partial charge in [-0.15, -0.1) is 0 Å². The number of hydrogen-bond acceptors (Lipinski definition) is 2. The summed E-state index contributed by atoms with van der Waals surface area (Å²) in [7, 11) is 0. The number of amides is 2. The molecule has 2 aliphatic rings. The van der Waals surface area contributed by atoms with Gasteiger partial charge in [-0.25, -0.2) is 0 Å². The monoisotopic (exact) mass is 244 g/mol. The second kappa shape index (κ2) is 3.83. The van der Waals surface area contributed by atoms with Gasteiger partial charge in [-0.1, -0.05) is 0 Å². The van der Waals surface area contributed by atoms with Crippen LogP contribution in [0.5, 0.6) is 0 Å². The van der Waals surface area contributed by atoms with Gasteiger partial charge in [-0.2, -0.15) is 0 Å². The third-order valence-electron chi connectivity index (χ3n) is 3.62. The summed E-state index contributed by atoms with van der Waals surface area (Å²) in [5.41, 5.74) is 1.32. The molecule has 0 N–H and O–H groups in total. The van der Waals surface area contributed by atoms with Crippen LogP contribution in [0.2, 0.25) is 0 Å². The first kappa shape index (κ1) is 11.3. The summed E-state index contributed by atoms with van der Waals surface area (Å²) in [5.74, 6) is 0.114. The van der Waals surface area contributed by atoms with Crippen molar-refractivity contribution in [1.29, 1.82) is 0 Å². The fourth-order valence-electron chi connectivity index (χ4n) is 2.13. The maximum atomic E-state index is 11.9. The minimum absolute atomic E-state index is 0.0570. The lowest BCUT2D eigenvalue weighted by Gasteiger charge is -2.05. The Hall–Kier alpha value is -1.84. The molecule has 3 rings (SSSR count). The fourth-order valence-corrected chi connectivity index (χ4v) is 2.13. The first-order chi connectivity index (χ1) is 8.58. The summed E-state index contributed by atoms with van der Waals surface area (Å²) in [6.45, 7) is 5.73. The molecule has 0 aliphatic carbocycles. The molecule has 2 atom stereocenters. The summed E-state index contributed by atoms with van der Waals surface area (Å²) in [6.07, 6.45) is 0. The Morgan fingerprint density at radius 3 is 1.39 bits per heavy atom. The number of carbonyl (C=O) groups excluding carboxylic acids is 2. The molecule has 0 bridgehead atoms. The minimum atomic E-state index is 0.0570. The Labute approximate surface area is 106 Å². The molecule has 2 fully saturated rings. The highest BCUT2D eigenvalue weighted by Crippen LogP contribution is 2.22. The van der Waals surface area contributed by atoms with Crippen LogP contribution in [0.15, 0.2) is 24.3 Å². The highest BCUT2D eigenvalue weighted by Gasteiger charge is 2.36. The lowest BCUT2D eigenvalue weighted by atomic mass is 10.1. The lowest BCUT2D eigenvalue weighted by molar-refractivity contribution is 0.0864. The van der Waals surface area contributed by atoms with Crippen LogP contribution in [0.1, 0.15) is 34.6 Å². The summed E-state index contributed by atoms with van der Waals surface area (Å²) in [5, 5.41) is 0. The molecule has 0 aromatic heterocycles. The Morgan fingerprint density at radius 2 is 1.17 bits per heavy atom. The molecule has 4 nitrogen and oxygen atoms in total. The summed E-state index contributed by atoms with van der Waals surface area (Å²) < 4.78 is 0. The molecule has 0 radical (unpaired) electrons. The molecule has 2 aliphatic heterocycles. The summed E-state index contributed by atoms with van der Waals surface area (Å²) >= 11 is 0. The molecule has 1 aromatic rings. The van der Waals surface area contributed by atoms with Crippen LogP contribution in [0, 0.1) is 0 Å². The van der Waals surface area contributed by atoms with Crippen molar-refractivity contribution >= 4 is 11.8 Å². The molecule has 0 unspecified atom stereocenters. The van der Waals surface area contributed by atoms with E-state index in [0.717, 1.165) is 13.1 Å². The van der Waals surface area contributed by atoms with Crippen molar-refractivity contribution in [2.45, 2.75) is 25.9 Å². The SMILES string of the molecule is C[C@@H]1CN1C(=O)c1ccc(C(=O)N2C[C@@H]2C)cc1. The standard InChI is InChI=1S/C14H16N2O2/c1-9-7-15(9)13(17)11-3-5-12(6-4-11)14(18)16-8-10(16)2/h3-6,9-10H,7-8H2,1-2H3/t9-,10+,15?,16?. The van der Waals surface area contributed by atoms with Gasteiger partial charge in [-0.3, -0.25) is 9.59 Å². The van der Waals surface area contributed by atoms with Crippen molar-refractivity contribution in [3.05, 3.63) is 35.4 Å². The van der Waals surface area contributed by atoms with Crippen LogP contribution in [0.3, 0.4) is 0 Å². The molecule has 2 saturated heterocycles. The Bertz CT molecular complexity index is 462. The third-order valence-corrected chi connectivity index (χ3v) is 3.62. The first-order valence-corrected chi connectivity index (χ1v) is 6.30. The average molecular weight is 244 g/mol. The average Bonchev–Trinajstić information content (AvgIpc) is 3.27. The van der Waals surface area contributed by atoms with Gasteiger partial charge in [0.05, 0.1) is 0 Å². The summed E-state index contributed by atoms with van der Waals surface area (Å²) in [6, 6.07) is 7.70. The number of nitrogens with zero attached hydrogens (tertiary/aromatic N) is 2. The van der Waals surface area contributed by atoms with Crippen LogP contribution in [-0.2, 0) is 0 Å². The number of benzene rings is 1. The van der Waals surface area contributed by atoms with E-state index in [4.69, 9.17) is 0 Å². The van der Waals surface area contributed by atoms with Gasteiger partial charge in [-0.05, 0) is 38.1 Å². The van der Waals surface area contributed by atoms with E-state index >= 15 is 0 Å². The van der Waals surface area contributed by atoms with Gasteiger partial charge >= 0.3 is 0 Å². The first-order valence-electron chi connectivity index (χ1n) is 6.30. The summed E-state index contributed by atoms with van der Waals surface area (Å²) in [4.78, 5) is 27.5. The van der Waals surface area contributed by atoms with Crippen LogP contribution < -0.4 is 0 Å².